The van der Waals surface area contributed by atoms with Gasteiger partial charge < -0.3 is 5.11 Å². The van der Waals surface area contributed by atoms with Gasteiger partial charge in [-0.3, -0.25) is 0 Å². The molecule has 0 aliphatic carbocycles. The van der Waals surface area contributed by atoms with Crippen LogP contribution in [0.15, 0.2) is 48.6 Å². The summed E-state index contributed by atoms with van der Waals surface area (Å²) in [5.41, 5.74) is 1.06. The normalized spacial score (nSPS) is 13.1. The highest BCUT2D eigenvalue weighted by Gasteiger charge is 1.76. The second kappa shape index (κ2) is 7.03. The van der Waals surface area contributed by atoms with Crippen LogP contribution in [0.4, 0.5) is 0 Å². The van der Waals surface area contributed by atoms with E-state index in [1.165, 1.54) is 0 Å². The Hall–Kier alpha value is -1.08. The fraction of sp³-hybridized carbons (Fsp3) is 0.200. The summed E-state index contributed by atoms with van der Waals surface area (Å²) in [6.45, 7) is 5.58. The molecule has 0 fully saturated rings. The molecule has 0 aliphatic rings. The maximum Gasteiger partial charge on any atom is 0.0617 e. The van der Waals surface area contributed by atoms with Crippen molar-refractivity contribution in [1.29, 1.82) is 0 Å². The Bertz CT molecular complexity index is 185. The molecular formula is C10H14O. The van der Waals surface area contributed by atoms with Crippen molar-refractivity contribution in [2.45, 2.75) is 6.92 Å². The molecule has 0 aromatic rings. The van der Waals surface area contributed by atoms with Gasteiger partial charge in [0.15, 0.2) is 0 Å². The first-order chi connectivity index (χ1) is 5.31. The summed E-state index contributed by atoms with van der Waals surface area (Å²) in [5.74, 6) is 0. The summed E-state index contributed by atoms with van der Waals surface area (Å²) in [6.07, 6.45) is 11.0. The van der Waals surface area contributed by atoms with Crippen LogP contribution in [0.3, 0.4) is 0 Å². The molecule has 0 amide bonds. The fourth-order valence-electron chi connectivity index (χ4n) is 0.562. The predicted octanol–water partition coefficient (Wildman–Crippen LogP) is 2.22. The third kappa shape index (κ3) is 6.81. The Balaban J connectivity index is 3.82. The third-order valence-corrected chi connectivity index (χ3v) is 1.13. The van der Waals surface area contributed by atoms with Gasteiger partial charge in [0, 0.05) is 0 Å². The second-order valence-corrected chi connectivity index (χ2v) is 2.11. The highest BCUT2D eigenvalue weighted by molar-refractivity contribution is 5.21. The van der Waals surface area contributed by atoms with E-state index in [0.717, 1.165) is 5.57 Å². The minimum absolute atomic E-state index is 0.0986. The van der Waals surface area contributed by atoms with E-state index in [1.807, 2.05) is 31.2 Å². The second-order valence-electron chi connectivity index (χ2n) is 2.11. The number of rotatable bonds is 4. The molecule has 1 heteroatoms. The van der Waals surface area contributed by atoms with Gasteiger partial charge in [-0.25, -0.2) is 0 Å². The molecule has 0 bridgehead atoms. The topological polar surface area (TPSA) is 20.2 Å². The van der Waals surface area contributed by atoms with Crippen LogP contribution in [-0.2, 0) is 0 Å². The van der Waals surface area contributed by atoms with Crippen LogP contribution < -0.4 is 0 Å². The molecule has 1 N–H and O–H groups in total. The Morgan fingerprint density at radius 3 is 2.64 bits per heavy atom. The predicted molar refractivity (Wildman–Crippen MR) is 49.3 cm³/mol. The van der Waals surface area contributed by atoms with Gasteiger partial charge in [-0.2, -0.15) is 0 Å². The maximum atomic E-state index is 8.49. The third-order valence-electron chi connectivity index (χ3n) is 1.13. The molecule has 0 heterocycles. The summed E-state index contributed by atoms with van der Waals surface area (Å²) in [4.78, 5) is 0. The van der Waals surface area contributed by atoms with Gasteiger partial charge in [0.25, 0.3) is 0 Å². The summed E-state index contributed by atoms with van der Waals surface area (Å²) in [6, 6.07) is 0. The van der Waals surface area contributed by atoms with Crippen molar-refractivity contribution in [2.75, 3.05) is 6.61 Å². The molecule has 1 nitrogen and oxygen atoms in total. The summed E-state index contributed by atoms with van der Waals surface area (Å²) in [7, 11) is 0. The number of hydrogen-bond acceptors (Lipinski definition) is 1. The van der Waals surface area contributed by atoms with E-state index in [9.17, 15) is 0 Å². The van der Waals surface area contributed by atoms with Crippen LogP contribution >= 0.6 is 0 Å². The van der Waals surface area contributed by atoms with Gasteiger partial charge in [-0.15, -0.1) is 0 Å². The van der Waals surface area contributed by atoms with Gasteiger partial charge in [-0.1, -0.05) is 48.6 Å². The minimum atomic E-state index is 0.0986. The number of hydrogen-bond donors (Lipinski definition) is 1. The van der Waals surface area contributed by atoms with Gasteiger partial charge in [-0.05, 0) is 6.92 Å². The lowest BCUT2D eigenvalue weighted by Crippen LogP contribution is -1.74. The molecule has 0 spiro atoms. The van der Waals surface area contributed by atoms with Crippen LogP contribution in [0.2, 0.25) is 0 Å². The molecular weight excluding hydrogens is 136 g/mol. The molecule has 0 unspecified atom stereocenters. The van der Waals surface area contributed by atoms with E-state index in [2.05, 4.69) is 6.58 Å². The van der Waals surface area contributed by atoms with Crippen molar-refractivity contribution in [3.8, 4) is 0 Å². The van der Waals surface area contributed by atoms with E-state index >= 15 is 0 Å². The molecule has 0 saturated heterocycles. The first kappa shape index (κ1) is 9.92. The molecule has 0 rings (SSSR count). The Morgan fingerprint density at radius 2 is 2.09 bits per heavy atom. The van der Waals surface area contributed by atoms with Gasteiger partial charge in [0.2, 0.25) is 0 Å². The molecule has 0 aliphatic heterocycles. The van der Waals surface area contributed by atoms with Crippen LogP contribution in [0.25, 0.3) is 0 Å². The average Bonchev–Trinajstić information content (AvgIpc) is 1.99. The summed E-state index contributed by atoms with van der Waals surface area (Å²) in [5, 5.41) is 8.49. The Morgan fingerprint density at radius 1 is 1.36 bits per heavy atom. The standard InChI is InChI=1S/C10H14O/c1-3-4-5-6-7-10(2)8-9-11/h3-8,11H,1,9H2,2H3. The largest absolute Gasteiger partial charge is 0.392 e. The lowest BCUT2D eigenvalue weighted by Gasteiger charge is -1.86. The van der Waals surface area contributed by atoms with Crippen LogP contribution in [0.5, 0.6) is 0 Å². The molecule has 11 heavy (non-hydrogen) atoms. The first-order valence-electron chi connectivity index (χ1n) is 3.54. The van der Waals surface area contributed by atoms with Crippen LogP contribution in [-0.4, -0.2) is 11.7 Å². The number of aliphatic hydroxyl groups excluding tert-OH is 1. The maximum absolute atomic E-state index is 8.49. The van der Waals surface area contributed by atoms with Crippen LogP contribution in [0, 0.1) is 0 Å². The molecule has 60 valence electrons. The zero-order chi connectivity index (χ0) is 8.53. The van der Waals surface area contributed by atoms with Crippen LogP contribution in [0.1, 0.15) is 6.92 Å². The molecule has 0 aromatic carbocycles. The Kier molecular flexibility index (Phi) is 6.34. The van der Waals surface area contributed by atoms with Crippen molar-refractivity contribution < 1.29 is 5.11 Å². The van der Waals surface area contributed by atoms with Gasteiger partial charge in [0.05, 0.1) is 6.61 Å². The summed E-state index contributed by atoms with van der Waals surface area (Å²) < 4.78 is 0. The number of aliphatic hydroxyl groups is 1. The van der Waals surface area contributed by atoms with E-state index in [4.69, 9.17) is 5.11 Å². The van der Waals surface area contributed by atoms with Crippen molar-refractivity contribution >= 4 is 0 Å². The lowest BCUT2D eigenvalue weighted by molar-refractivity contribution is 0.342. The zero-order valence-electron chi connectivity index (χ0n) is 6.83. The highest BCUT2D eigenvalue weighted by Crippen LogP contribution is 1.93. The van der Waals surface area contributed by atoms with E-state index in [-0.39, 0.29) is 6.61 Å². The lowest BCUT2D eigenvalue weighted by atomic mass is 10.2. The number of allylic oxidation sites excluding steroid dienone is 6. The zero-order valence-corrected chi connectivity index (χ0v) is 6.83. The van der Waals surface area contributed by atoms with Crippen molar-refractivity contribution in [3.05, 3.63) is 48.6 Å². The van der Waals surface area contributed by atoms with Crippen molar-refractivity contribution in [3.63, 3.8) is 0 Å². The monoisotopic (exact) mass is 150 g/mol. The van der Waals surface area contributed by atoms with Gasteiger partial charge >= 0.3 is 0 Å². The molecule has 0 saturated carbocycles. The minimum Gasteiger partial charge on any atom is -0.392 e. The van der Waals surface area contributed by atoms with E-state index in [1.54, 1.807) is 12.2 Å². The molecule has 0 radical (unpaired) electrons. The molecule has 0 aromatic heterocycles. The van der Waals surface area contributed by atoms with E-state index in [0.29, 0.717) is 0 Å². The average molecular weight is 150 g/mol. The van der Waals surface area contributed by atoms with E-state index < -0.39 is 0 Å². The fourth-order valence-corrected chi connectivity index (χ4v) is 0.562. The smallest absolute Gasteiger partial charge is 0.0617 e. The quantitative estimate of drug-likeness (QED) is 0.609. The van der Waals surface area contributed by atoms with Crippen molar-refractivity contribution in [2.24, 2.45) is 0 Å². The van der Waals surface area contributed by atoms with Gasteiger partial charge in [0.1, 0.15) is 0 Å². The van der Waals surface area contributed by atoms with Crippen molar-refractivity contribution in [1.82, 2.24) is 0 Å². The summed E-state index contributed by atoms with van der Waals surface area (Å²) >= 11 is 0. The first-order valence-corrected chi connectivity index (χ1v) is 3.54. The Labute approximate surface area is 68.1 Å². The SMILES string of the molecule is C=CC=CC=CC(C)=CCO. The highest BCUT2D eigenvalue weighted by atomic mass is 16.2. The molecule has 0 atom stereocenters.